The molecule has 1 aliphatic rings. The van der Waals surface area contributed by atoms with Gasteiger partial charge >= 0.3 is 0 Å². The maximum atomic E-state index is 9.11. The third-order valence-corrected chi connectivity index (χ3v) is 3.56. The zero-order chi connectivity index (χ0) is 11.5. The van der Waals surface area contributed by atoms with Crippen LogP contribution in [-0.4, -0.2) is 24.8 Å². The van der Waals surface area contributed by atoms with Crippen LogP contribution in [-0.2, 0) is 0 Å². The second-order valence-electron chi connectivity index (χ2n) is 4.49. The Morgan fingerprint density at radius 2 is 2.06 bits per heavy atom. The Labute approximate surface area is 102 Å². The van der Waals surface area contributed by atoms with Gasteiger partial charge < -0.3 is 10.0 Å². The molecule has 0 radical (unpaired) electrons. The van der Waals surface area contributed by atoms with Crippen molar-refractivity contribution in [2.24, 2.45) is 0 Å². The van der Waals surface area contributed by atoms with E-state index in [0.717, 1.165) is 29.4 Å². The summed E-state index contributed by atoms with van der Waals surface area (Å²) < 4.78 is 0. The van der Waals surface area contributed by atoms with Crippen LogP contribution in [0.2, 0.25) is 5.02 Å². The minimum absolute atomic E-state index is 0.158. The van der Waals surface area contributed by atoms with Crippen LogP contribution in [0.1, 0.15) is 31.2 Å². The number of rotatable bonds is 3. The average Bonchev–Trinajstić information content (AvgIpc) is 2.81. The Balaban J connectivity index is 2.22. The minimum atomic E-state index is 0.158. The molecule has 2 rings (SSSR count). The molecule has 3 heteroatoms. The van der Waals surface area contributed by atoms with Crippen molar-refractivity contribution in [1.82, 2.24) is 0 Å². The van der Waals surface area contributed by atoms with E-state index in [1.807, 2.05) is 13.0 Å². The molecule has 1 saturated heterocycles. The first-order chi connectivity index (χ1) is 7.72. The molecule has 16 heavy (non-hydrogen) atoms. The van der Waals surface area contributed by atoms with Crippen molar-refractivity contribution >= 4 is 17.3 Å². The number of benzene rings is 1. The maximum absolute atomic E-state index is 9.11. The monoisotopic (exact) mass is 239 g/mol. The number of aliphatic hydroxyl groups excluding tert-OH is 1. The first kappa shape index (κ1) is 11.7. The molecule has 1 aromatic carbocycles. The van der Waals surface area contributed by atoms with Crippen LogP contribution in [0, 0.1) is 0 Å². The Bertz CT molecular complexity index is 361. The fourth-order valence-corrected chi connectivity index (χ4v) is 2.46. The fourth-order valence-electron chi connectivity index (χ4n) is 2.15. The van der Waals surface area contributed by atoms with Gasteiger partial charge in [0.2, 0.25) is 0 Å². The smallest absolute Gasteiger partial charge is 0.0642 e. The van der Waals surface area contributed by atoms with Crippen molar-refractivity contribution in [3.05, 3.63) is 28.8 Å². The molecule has 1 aromatic rings. The molecule has 1 unspecified atom stereocenters. The van der Waals surface area contributed by atoms with Gasteiger partial charge in [0.15, 0.2) is 0 Å². The number of anilines is 1. The lowest BCUT2D eigenvalue weighted by molar-refractivity contribution is 0.273. The average molecular weight is 240 g/mol. The van der Waals surface area contributed by atoms with Gasteiger partial charge in [-0.05, 0) is 30.5 Å². The highest BCUT2D eigenvalue weighted by Gasteiger charge is 2.16. The van der Waals surface area contributed by atoms with E-state index in [9.17, 15) is 0 Å². The highest BCUT2D eigenvalue weighted by molar-refractivity contribution is 6.33. The summed E-state index contributed by atoms with van der Waals surface area (Å²) in [4.78, 5) is 2.33. The van der Waals surface area contributed by atoms with E-state index in [0.29, 0.717) is 0 Å². The summed E-state index contributed by atoms with van der Waals surface area (Å²) in [5, 5.41) is 9.91. The van der Waals surface area contributed by atoms with Gasteiger partial charge in [0, 0.05) is 25.6 Å². The lowest BCUT2D eigenvalue weighted by Crippen LogP contribution is -2.18. The van der Waals surface area contributed by atoms with Crippen LogP contribution in [0.15, 0.2) is 18.2 Å². The van der Waals surface area contributed by atoms with Gasteiger partial charge in [-0.25, -0.2) is 0 Å². The van der Waals surface area contributed by atoms with E-state index in [1.54, 1.807) is 0 Å². The zero-order valence-corrected chi connectivity index (χ0v) is 10.4. The molecular formula is C13H18ClNO. The summed E-state index contributed by atoms with van der Waals surface area (Å²) in [6.07, 6.45) is 2.51. The lowest BCUT2D eigenvalue weighted by Gasteiger charge is -2.20. The van der Waals surface area contributed by atoms with Crippen molar-refractivity contribution in [2.75, 3.05) is 24.6 Å². The Morgan fingerprint density at radius 3 is 2.62 bits per heavy atom. The van der Waals surface area contributed by atoms with Crippen LogP contribution in [0.25, 0.3) is 0 Å². The second-order valence-corrected chi connectivity index (χ2v) is 4.90. The maximum Gasteiger partial charge on any atom is 0.0642 e. The summed E-state index contributed by atoms with van der Waals surface area (Å²) in [6, 6.07) is 6.13. The largest absolute Gasteiger partial charge is 0.396 e. The molecule has 0 spiro atoms. The molecule has 0 aromatic heterocycles. The van der Waals surface area contributed by atoms with Crippen LogP contribution in [0.4, 0.5) is 5.69 Å². The summed E-state index contributed by atoms with van der Waals surface area (Å²) in [7, 11) is 0. The van der Waals surface area contributed by atoms with E-state index >= 15 is 0 Å². The summed E-state index contributed by atoms with van der Waals surface area (Å²) in [6.45, 7) is 4.38. The minimum Gasteiger partial charge on any atom is -0.396 e. The summed E-state index contributed by atoms with van der Waals surface area (Å²) in [5.74, 6) is 0.158. The van der Waals surface area contributed by atoms with Gasteiger partial charge in [0.1, 0.15) is 0 Å². The topological polar surface area (TPSA) is 23.5 Å². The van der Waals surface area contributed by atoms with E-state index in [2.05, 4.69) is 17.0 Å². The van der Waals surface area contributed by atoms with Gasteiger partial charge in [-0.3, -0.25) is 0 Å². The molecule has 88 valence electrons. The van der Waals surface area contributed by atoms with Gasteiger partial charge in [0.05, 0.1) is 10.7 Å². The molecule has 0 saturated carbocycles. The van der Waals surface area contributed by atoms with Crippen LogP contribution in [0.3, 0.4) is 0 Å². The fraction of sp³-hybridized carbons (Fsp3) is 0.538. The molecule has 0 amide bonds. The molecule has 1 aliphatic heterocycles. The SMILES string of the molecule is CC(CO)c1ccc(N2CCCC2)c(Cl)c1. The van der Waals surface area contributed by atoms with Crippen LogP contribution >= 0.6 is 11.6 Å². The third kappa shape index (κ3) is 2.33. The Hall–Kier alpha value is -0.730. The Kier molecular flexibility index (Phi) is 3.72. The predicted molar refractivity (Wildman–Crippen MR) is 68.4 cm³/mol. The van der Waals surface area contributed by atoms with E-state index in [1.165, 1.54) is 12.8 Å². The number of halogens is 1. The number of hydrogen-bond acceptors (Lipinski definition) is 2. The van der Waals surface area contributed by atoms with Gasteiger partial charge in [-0.2, -0.15) is 0 Å². The second kappa shape index (κ2) is 5.07. The van der Waals surface area contributed by atoms with Crippen molar-refractivity contribution in [1.29, 1.82) is 0 Å². The molecule has 0 bridgehead atoms. The number of nitrogens with zero attached hydrogens (tertiary/aromatic N) is 1. The third-order valence-electron chi connectivity index (χ3n) is 3.26. The Morgan fingerprint density at radius 1 is 1.38 bits per heavy atom. The first-order valence-corrected chi connectivity index (χ1v) is 6.25. The number of hydrogen-bond donors (Lipinski definition) is 1. The first-order valence-electron chi connectivity index (χ1n) is 5.87. The highest BCUT2D eigenvalue weighted by atomic mass is 35.5. The molecule has 0 aliphatic carbocycles. The predicted octanol–water partition coefficient (Wildman–Crippen LogP) is 3.04. The van der Waals surface area contributed by atoms with Crippen LogP contribution in [0.5, 0.6) is 0 Å². The molecule has 1 atom stereocenters. The standard InChI is InChI=1S/C13H18ClNO/c1-10(9-16)11-4-5-13(12(14)8-11)15-6-2-3-7-15/h4-5,8,10,16H,2-3,6-7,9H2,1H3. The molecule has 1 heterocycles. The van der Waals surface area contributed by atoms with Gasteiger partial charge in [-0.1, -0.05) is 24.6 Å². The van der Waals surface area contributed by atoms with Crippen molar-refractivity contribution in [3.63, 3.8) is 0 Å². The van der Waals surface area contributed by atoms with Gasteiger partial charge in [0.25, 0.3) is 0 Å². The van der Waals surface area contributed by atoms with Crippen molar-refractivity contribution in [3.8, 4) is 0 Å². The van der Waals surface area contributed by atoms with E-state index in [4.69, 9.17) is 16.7 Å². The quantitative estimate of drug-likeness (QED) is 0.877. The van der Waals surface area contributed by atoms with Gasteiger partial charge in [-0.15, -0.1) is 0 Å². The molecule has 2 nitrogen and oxygen atoms in total. The van der Waals surface area contributed by atoms with E-state index < -0.39 is 0 Å². The highest BCUT2D eigenvalue weighted by Crippen LogP contribution is 2.31. The molecular weight excluding hydrogens is 222 g/mol. The van der Waals surface area contributed by atoms with Crippen LogP contribution < -0.4 is 4.90 Å². The van der Waals surface area contributed by atoms with E-state index in [-0.39, 0.29) is 12.5 Å². The summed E-state index contributed by atoms with van der Waals surface area (Å²) >= 11 is 6.29. The number of aliphatic hydroxyl groups is 1. The van der Waals surface area contributed by atoms with Crippen molar-refractivity contribution < 1.29 is 5.11 Å². The van der Waals surface area contributed by atoms with Crippen molar-refractivity contribution in [2.45, 2.75) is 25.7 Å². The lowest BCUT2D eigenvalue weighted by atomic mass is 10.0. The zero-order valence-electron chi connectivity index (χ0n) is 9.62. The molecule has 1 fully saturated rings. The summed E-state index contributed by atoms with van der Waals surface area (Å²) in [5.41, 5.74) is 2.24. The molecule has 1 N–H and O–H groups in total. The normalized spacial score (nSPS) is 17.8.